The predicted molar refractivity (Wildman–Crippen MR) is 459 cm³/mol. The van der Waals surface area contributed by atoms with E-state index in [1.807, 2.05) is 127 Å². The van der Waals surface area contributed by atoms with Crippen molar-refractivity contribution in [2.75, 3.05) is 0 Å². The third-order valence-electron chi connectivity index (χ3n) is 20.1. The Morgan fingerprint density at radius 2 is 0.404 bits per heavy atom. The minimum Gasteiger partial charge on any atom is -0.657 e. The number of aromatic nitrogens is 8. The molecule has 4 aliphatic rings. The fourth-order valence-corrected chi connectivity index (χ4v) is 15.0. The van der Waals surface area contributed by atoms with Crippen LogP contribution in [0.3, 0.4) is 0 Å². The molecule has 0 unspecified atom stereocenters. The third-order valence-corrected chi connectivity index (χ3v) is 20.1. The summed E-state index contributed by atoms with van der Waals surface area (Å²) in [6.07, 6.45) is 16.7. The second kappa shape index (κ2) is 31.4. The van der Waals surface area contributed by atoms with E-state index in [4.69, 9.17) is 39.9 Å². The van der Waals surface area contributed by atoms with Crippen LogP contribution >= 0.6 is 0 Å². The maximum atomic E-state index is 10.8. The molecule has 0 aliphatic carbocycles. The molecule has 0 spiro atoms. The topological polar surface area (TPSA) is 128 Å². The van der Waals surface area contributed by atoms with E-state index in [-0.39, 0.29) is 36.0 Å². The molecule has 1 N–H and O–H groups in total. The molecule has 9 aromatic carbocycles. The first-order chi connectivity index (χ1) is 55.1. The Balaban J connectivity index is 0.00000469. The van der Waals surface area contributed by atoms with Gasteiger partial charge in [-0.2, -0.15) is 0 Å². The van der Waals surface area contributed by atoms with Gasteiger partial charge in [0, 0.05) is 27.8 Å². The predicted octanol–water partition coefficient (Wildman–Crippen LogP) is 22.4. The molecule has 0 saturated carbocycles. The van der Waals surface area contributed by atoms with Gasteiger partial charge >= 0.3 is 36.0 Å². The summed E-state index contributed by atoms with van der Waals surface area (Å²) >= 11 is 0. The summed E-state index contributed by atoms with van der Waals surface area (Å²) in [7, 11) is 0. The van der Waals surface area contributed by atoms with E-state index in [0.29, 0.717) is 16.7 Å². The number of hydrogen-bond acceptors (Lipinski definition) is 5. The number of benzene rings is 9. The molecule has 0 fully saturated rings. The molecule has 16 bridgehead atoms. The van der Waals surface area contributed by atoms with E-state index in [9.17, 15) is 5.11 Å². The summed E-state index contributed by atoms with van der Waals surface area (Å²) < 4.78 is 0. The van der Waals surface area contributed by atoms with Gasteiger partial charge < -0.3 is 25.0 Å². The largest absolute Gasteiger partial charge is 2.00 e. The molecule has 0 saturated heterocycles. The van der Waals surface area contributed by atoms with Crippen molar-refractivity contribution in [2.24, 2.45) is 0 Å². The van der Waals surface area contributed by atoms with E-state index in [1.165, 1.54) is 0 Å². The van der Waals surface area contributed by atoms with Gasteiger partial charge in [-0.3, -0.25) is 0 Å². The van der Waals surface area contributed by atoms with Crippen molar-refractivity contribution in [3.8, 4) is 125 Å². The SMILES string of the molecule is CC(C)(O)C#Cc1cc(C#Cc2ccc(-c3c4nc(c(-c5ccccc5)c5ccc([n-]5)c(-c5ccccc5)c5nc(c(-c6ccccc6)c6ccc3[n-]6)C=C5)C=C4)cc2)cc(C#Cc2ccc(-c3c4nc(c(-c5ccccc5)c5ccc([n-]5)c(-c5ccccc5)c5nc(c(-c6ccccc6)c6ccc3[n-]6)C=C5)C=C4)cc2)c1.[Ni+2].[Zn+2]. The van der Waals surface area contributed by atoms with Crippen LogP contribution in [0.25, 0.3) is 182 Å². The van der Waals surface area contributed by atoms with Crippen molar-refractivity contribution >= 4 is 92.7 Å². The fourth-order valence-electron chi connectivity index (χ4n) is 15.0. The molecule has 6 aromatic heterocycles. The number of aliphatic hydroxyl groups is 1. The Bertz CT molecular complexity index is 6520. The van der Waals surface area contributed by atoms with E-state index in [1.54, 1.807) is 13.8 Å². The fraction of sp³-hybridized carbons (Fsp3) is 0.0291. The van der Waals surface area contributed by atoms with Crippen LogP contribution < -0.4 is 19.9 Å². The summed E-state index contributed by atoms with van der Waals surface area (Å²) in [6.45, 7) is 3.34. The van der Waals surface area contributed by atoms with E-state index >= 15 is 0 Å². The van der Waals surface area contributed by atoms with Gasteiger partial charge in [-0.1, -0.05) is 290 Å². The second-order valence-corrected chi connectivity index (χ2v) is 28.2. The van der Waals surface area contributed by atoms with Crippen molar-refractivity contribution < 1.29 is 41.1 Å². The molecule has 0 amide bonds. The Kier molecular flexibility index (Phi) is 20.0. The average molecular weight is 1550 g/mol. The van der Waals surface area contributed by atoms with Gasteiger partial charge in [0.1, 0.15) is 5.60 Å². The number of hydrogen-bond donors (Lipinski definition) is 1. The van der Waals surface area contributed by atoms with Crippen LogP contribution in [0.2, 0.25) is 0 Å². The van der Waals surface area contributed by atoms with Gasteiger partial charge in [0.2, 0.25) is 0 Å². The zero-order valence-corrected chi connectivity index (χ0v) is 65.9. The van der Waals surface area contributed by atoms with Gasteiger partial charge in [-0.15, -0.1) is 44.1 Å². The average Bonchev–Trinajstić information content (AvgIpc) is 1.62. The van der Waals surface area contributed by atoms with E-state index in [2.05, 4.69) is 254 Å². The van der Waals surface area contributed by atoms with Gasteiger partial charge in [0.05, 0.1) is 45.6 Å². The molecule has 534 valence electrons. The van der Waals surface area contributed by atoms with Crippen LogP contribution in [0, 0.1) is 35.5 Å². The van der Waals surface area contributed by atoms with Crippen LogP contribution in [0.15, 0.2) is 297 Å². The quantitative estimate of drug-likeness (QED) is 0.117. The van der Waals surface area contributed by atoms with Crippen LogP contribution in [0.1, 0.15) is 87.2 Å². The molecule has 4 aliphatic heterocycles. The molecular weight excluding hydrogens is 1490 g/mol. The Labute approximate surface area is 683 Å². The minimum atomic E-state index is -1.24. The summed E-state index contributed by atoms with van der Waals surface area (Å²) in [5.41, 5.74) is 30.1. The number of rotatable bonds is 8. The van der Waals surface area contributed by atoms with E-state index in [0.717, 1.165) is 190 Å². The zero-order chi connectivity index (χ0) is 75.1. The van der Waals surface area contributed by atoms with Gasteiger partial charge in [-0.05, 0) is 194 Å². The number of nitrogens with zero attached hydrogens (tertiary/aromatic N) is 8. The molecule has 114 heavy (non-hydrogen) atoms. The molecule has 9 nitrogen and oxygen atoms in total. The number of fused-ring (bicyclic) bond motifs is 16. The van der Waals surface area contributed by atoms with Crippen LogP contribution in [-0.2, 0) is 36.0 Å². The van der Waals surface area contributed by atoms with E-state index < -0.39 is 5.60 Å². The molecule has 11 heteroatoms. The van der Waals surface area contributed by atoms with Gasteiger partial charge in [-0.25, -0.2) is 19.9 Å². The first kappa shape index (κ1) is 72.8. The van der Waals surface area contributed by atoms with Crippen molar-refractivity contribution in [1.82, 2.24) is 39.9 Å². The van der Waals surface area contributed by atoms with Crippen molar-refractivity contribution in [3.05, 3.63) is 371 Å². The smallest absolute Gasteiger partial charge is 0.657 e. The van der Waals surface area contributed by atoms with Gasteiger partial charge in [0.25, 0.3) is 0 Å². The Morgan fingerprint density at radius 1 is 0.228 bits per heavy atom. The molecule has 10 heterocycles. The normalized spacial score (nSPS) is 11.7. The molecular formula is C103H64N8NiOZn. The summed E-state index contributed by atoms with van der Waals surface area (Å²) in [4.78, 5) is 43.7. The Morgan fingerprint density at radius 3 is 0.596 bits per heavy atom. The van der Waals surface area contributed by atoms with Crippen LogP contribution in [-0.4, -0.2) is 30.6 Å². The first-order valence-electron chi connectivity index (χ1n) is 37.2. The third kappa shape index (κ3) is 14.7. The summed E-state index contributed by atoms with van der Waals surface area (Å²) in [5, 5.41) is 10.8. The van der Waals surface area contributed by atoms with Gasteiger partial charge in [0.15, 0.2) is 0 Å². The standard InChI is InChI=1S/C103H64N8O.Ni.Zn/c1-103(2,112)62-61-70-64-68(35-33-66-37-41-77(42-38-66)101-91-57-53-87(108-91)97(73-25-13-5-14-26-73)83-49-45-79(104-83)95(71-21-9-3-10-22-71)80-46-50-84(105-80)98(74-27-15-6-16-28-74)88-54-58-92(101)109-88)63-69(65-70)36-34-67-39-43-78(44-40-67)102-93-59-55-89(110-93)99(75-29-17-7-18-30-75)85-51-47-81(106-85)96(72-23-11-4-12-24-72)82-48-52-86(107-82)100(76-31-19-8-20-32-76)90-56-60-94(102)111-90;;/h3-32,37-60,63-65,112H,1-2H3;;/q-4;2*+2. The monoisotopic (exact) mass is 1550 g/mol. The minimum absolute atomic E-state index is 0. The second-order valence-electron chi connectivity index (χ2n) is 28.2. The zero-order valence-electron chi connectivity index (χ0n) is 62.0. The molecule has 19 rings (SSSR count). The Hall–Kier alpha value is -14.1. The van der Waals surface area contributed by atoms with Crippen molar-refractivity contribution in [2.45, 2.75) is 19.4 Å². The van der Waals surface area contributed by atoms with Crippen LogP contribution in [0.4, 0.5) is 0 Å². The molecule has 15 aromatic rings. The maximum Gasteiger partial charge on any atom is 2.00 e. The van der Waals surface area contributed by atoms with Crippen molar-refractivity contribution in [1.29, 1.82) is 0 Å². The summed E-state index contributed by atoms with van der Waals surface area (Å²) in [5.74, 6) is 20.0. The molecule has 0 atom stereocenters. The first-order valence-corrected chi connectivity index (χ1v) is 37.2. The molecule has 0 radical (unpaired) electrons. The summed E-state index contributed by atoms with van der Waals surface area (Å²) in [6, 6.07) is 101. The maximum absolute atomic E-state index is 10.8. The van der Waals surface area contributed by atoms with Crippen molar-refractivity contribution in [3.63, 3.8) is 0 Å². The van der Waals surface area contributed by atoms with Crippen LogP contribution in [0.5, 0.6) is 0 Å².